The maximum absolute atomic E-state index is 12.4. The van der Waals surface area contributed by atoms with Gasteiger partial charge in [-0.3, -0.25) is 29.9 Å². The Morgan fingerprint density at radius 1 is 1.11 bits per heavy atom. The summed E-state index contributed by atoms with van der Waals surface area (Å²) in [5.74, 6) is -0.739. The molecule has 2 N–H and O–H groups in total. The van der Waals surface area contributed by atoms with Crippen molar-refractivity contribution in [3.63, 3.8) is 0 Å². The van der Waals surface area contributed by atoms with Crippen LogP contribution in [-0.2, 0) is 24.2 Å². The van der Waals surface area contributed by atoms with Crippen LogP contribution in [0.3, 0.4) is 0 Å². The number of thiophene rings is 1. The smallest absolute Gasteiger partial charge is 0.279 e. The average molecular weight is 396 g/mol. The largest absolute Gasteiger partial charge is 0.287 e. The third-order valence-electron chi connectivity index (χ3n) is 4.84. The van der Waals surface area contributed by atoms with Crippen molar-refractivity contribution in [3.05, 3.63) is 62.1 Å². The minimum absolute atomic E-state index is 0.109. The Balaban J connectivity index is 1.41. The van der Waals surface area contributed by atoms with Gasteiger partial charge in [-0.05, 0) is 49.4 Å². The van der Waals surface area contributed by atoms with E-state index in [1.165, 1.54) is 39.1 Å². The fraction of sp³-hybridized carbons (Fsp3) is 0.300. The molecular formula is C20H20N4O3S. The third-order valence-corrected chi connectivity index (χ3v) is 6.08. The van der Waals surface area contributed by atoms with Crippen LogP contribution in [0, 0.1) is 0 Å². The summed E-state index contributed by atoms with van der Waals surface area (Å²) in [7, 11) is 0. The summed E-state index contributed by atoms with van der Waals surface area (Å²) in [6, 6.07) is 8.89. The summed E-state index contributed by atoms with van der Waals surface area (Å²) in [6.07, 6.45) is 6.76. The van der Waals surface area contributed by atoms with Crippen LogP contribution in [0.5, 0.6) is 0 Å². The second-order valence-corrected chi connectivity index (χ2v) is 7.94. The molecule has 144 valence electrons. The number of carbonyl (C=O) groups is 2. The minimum Gasteiger partial charge on any atom is -0.287 e. The van der Waals surface area contributed by atoms with E-state index in [4.69, 9.17) is 0 Å². The van der Waals surface area contributed by atoms with E-state index in [-0.39, 0.29) is 17.9 Å². The van der Waals surface area contributed by atoms with Gasteiger partial charge in [0.2, 0.25) is 5.43 Å². The molecule has 2 heterocycles. The summed E-state index contributed by atoms with van der Waals surface area (Å²) in [5, 5.41) is 4.51. The molecule has 0 spiro atoms. The van der Waals surface area contributed by atoms with Crippen molar-refractivity contribution in [2.45, 2.75) is 38.6 Å². The molecule has 0 bridgehead atoms. The molecule has 0 saturated heterocycles. The van der Waals surface area contributed by atoms with Gasteiger partial charge in [0, 0.05) is 10.3 Å². The quantitative estimate of drug-likeness (QED) is 0.524. The Hall–Kier alpha value is -3.00. The fourth-order valence-corrected chi connectivity index (χ4v) is 4.58. The second kappa shape index (κ2) is 7.93. The lowest BCUT2D eigenvalue weighted by Gasteiger charge is -2.10. The number of nitrogens with zero attached hydrogens (tertiary/aromatic N) is 2. The second-order valence-electron chi connectivity index (χ2n) is 6.81. The summed E-state index contributed by atoms with van der Waals surface area (Å²) < 4.78 is 1.44. The number of fused-ring (bicyclic) bond motifs is 2. The number of nitrogens with one attached hydrogen (secondary N) is 2. The molecule has 4 rings (SSSR count). The first-order valence-electron chi connectivity index (χ1n) is 9.27. The molecule has 1 aliphatic carbocycles. The van der Waals surface area contributed by atoms with E-state index < -0.39 is 5.91 Å². The summed E-state index contributed by atoms with van der Waals surface area (Å²) in [5.41, 5.74) is 6.53. The molecule has 8 heteroatoms. The van der Waals surface area contributed by atoms with Gasteiger partial charge in [0.05, 0.1) is 16.6 Å². The average Bonchev–Trinajstić information content (AvgIpc) is 2.99. The van der Waals surface area contributed by atoms with Gasteiger partial charge in [-0.1, -0.05) is 18.6 Å². The highest BCUT2D eigenvalue weighted by Gasteiger charge is 2.17. The molecule has 0 aliphatic heterocycles. The number of benzene rings is 1. The van der Waals surface area contributed by atoms with E-state index in [1.807, 2.05) is 6.07 Å². The maximum atomic E-state index is 12.4. The van der Waals surface area contributed by atoms with Crippen LogP contribution >= 0.6 is 11.3 Å². The Morgan fingerprint density at radius 2 is 1.93 bits per heavy atom. The van der Waals surface area contributed by atoms with Gasteiger partial charge in [0.1, 0.15) is 6.54 Å². The number of aryl methyl sites for hydroxylation is 2. The minimum atomic E-state index is -0.423. The number of hydrazine groups is 1. The Labute approximate surface area is 165 Å². The third kappa shape index (κ3) is 3.82. The van der Waals surface area contributed by atoms with E-state index >= 15 is 0 Å². The number of hydrogen-bond donors (Lipinski definition) is 2. The highest BCUT2D eigenvalue weighted by molar-refractivity contribution is 7.14. The van der Waals surface area contributed by atoms with Crippen molar-refractivity contribution in [2.75, 3.05) is 0 Å². The molecular weight excluding hydrogens is 376 g/mol. The lowest BCUT2D eigenvalue weighted by atomic mass is 10.1. The number of amides is 2. The highest BCUT2D eigenvalue weighted by atomic mass is 32.1. The fourth-order valence-electron chi connectivity index (χ4n) is 3.43. The molecule has 1 aliphatic rings. The van der Waals surface area contributed by atoms with Crippen molar-refractivity contribution in [1.82, 2.24) is 20.6 Å². The molecule has 0 fully saturated rings. The predicted molar refractivity (Wildman–Crippen MR) is 107 cm³/mol. The summed E-state index contributed by atoms with van der Waals surface area (Å²) >= 11 is 1.50. The monoisotopic (exact) mass is 396 g/mol. The van der Waals surface area contributed by atoms with Crippen molar-refractivity contribution in [2.24, 2.45) is 0 Å². The topological polar surface area (TPSA) is 93.1 Å². The van der Waals surface area contributed by atoms with E-state index in [9.17, 15) is 14.4 Å². The number of aromatic nitrogens is 2. The maximum Gasteiger partial charge on any atom is 0.279 e. The van der Waals surface area contributed by atoms with Crippen LogP contribution in [0.15, 0.2) is 41.3 Å². The van der Waals surface area contributed by atoms with Crippen LogP contribution in [0.25, 0.3) is 10.9 Å². The van der Waals surface area contributed by atoms with Gasteiger partial charge in [0.15, 0.2) is 0 Å². The van der Waals surface area contributed by atoms with Crippen LogP contribution < -0.4 is 16.3 Å². The van der Waals surface area contributed by atoms with E-state index in [0.29, 0.717) is 15.8 Å². The summed E-state index contributed by atoms with van der Waals surface area (Å²) in [6.45, 7) is -0.109. The van der Waals surface area contributed by atoms with Crippen LogP contribution in [-0.4, -0.2) is 21.6 Å². The predicted octanol–water partition coefficient (Wildman–Crippen LogP) is 2.19. The van der Waals surface area contributed by atoms with Gasteiger partial charge in [0.25, 0.3) is 11.8 Å². The standard InChI is InChI=1S/C20H20N4O3S/c25-16-11-21-24(15-8-5-4-7-14(15)16)12-19(26)22-23-20(27)18-10-13-6-2-1-3-9-17(13)28-18/h4-5,7-8,10-11H,1-3,6,9,12H2,(H,22,26)(H,23,27). The van der Waals surface area contributed by atoms with Crippen molar-refractivity contribution in [3.8, 4) is 0 Å². The molecule has 7 nitrogen and oxygen atoms in total. The first kappa shape index (κ1) is 18.4. The van der Waals surface area contributed by atoms with E-state index in [1.54, 1.807) is 24.3 Å². The molecule has 0 unspecified atom stereocenters. The van der Waals surface area contributed by atoms with Crippen molar-refractivity contribution in [1.29, 1.82) is 0 Å². The molecule has 0 atom stereocenters. The molecule has 1 aromatic carbocycles. The van der Waals surface area contributed by atoms with Gasteiger partial charge < -0.3 is 0 Å². The van der Waals surface area contributed by atoms with Gasteiger partial charge in [-0.15, -0.1) is 11.3 Å². The Kier molecular flexibility index (Phi) is 5.21. The number of hydrogen-bond acceptors (Lipinski definition) is 5. The summed E-state index contributed by atoms with van der Waals surface area (Å²) in [4.78, 5) is 38.4. The zero-order valence-corrected chi connectivity index (χ0v) is 16.1. The SMILES string of the molecule is O=C(Cn1ncc(=O)c2ccccc21)NNC(=O)c1cc2c(s1)CCCCC2. The molecule has 2 aromatic heterocycles. The normalized spacial score (nSPS) is 13.6. The first-order valence-corrected chi connectivity index (χ1v) is 10.1. The van der Waals surface area contributed by atoms with Crippen LogP contribution in [0.4, 0.5) is 0 Å². The van der Waals surface area contributed by atoms with Crippen LogP contribution in [0.2, 0.25) is 0 Å². The van der Waals surface area contributed by atoms with E-state index in [0.717, 1.165) is 25.7 Å². The number of rotatable bonds is 3. The van der Waals surface area contributed by atoms with Crippen molar-refractivity contribution >= 4 is 34.1 Å². The highest BCUT2D eigenvalue weighted by Crippen LogP contribution is 2.28. The molecule has 0 radical (unpaired) electrons. The number of carbonyl (C=O) groups excluding carboxylic acids is 2. The van der Waals surface area contributed by atoms with Gasteiger partial charge in [-0.25, -0.2) is 0 Å². The molecule has 2 amide bonds. The molecule has 28 heavy (non-hydrogen) atoms. The van der Waals surface area contributed by atoms with Gasteiger partial charge >= 0.3 is 0 Å². The molecule has 0 saturated carbocycles. The first-order chi connectivity index (χ1) is 13.6. The zero-order valence-electron chi connectivity index (χ0n) is 15.2. The lowest BCUT2D eigenvalue weighted by molar-refractivity contribution is -0.122. The zero-order chi connectivity index (χ0) is 19.5. The Bertz CT molecular complexity index is 1080. The molecule has 3 aromatic rings. The van der Waals surface area contributed by atoms with Crippen molar-refractivity contribution < 1.29 is 9.59 Å². The van der Waals surface area contributed by atoms with Crippen LogP contribution in [0.1, 0.15) is 39.4 Å². The lowest BCUT2D eigenvalue weighted by Crippen LogP contribution is -2.43. The van der Waals surface area contributed by atoms with E-state index in [2.05, 4.69) is 16.0 Å². The van der Waals surface area contributed by atoms with Gasteiger partial charge in [-0.2, -0.15) is 5.10 Å². The Morgan fingerprint density at radius 3 is 2.82 bits per heavy atom. The number of para-hydroxylation sites is 1.